The van der Waals surface area contributed by atoms with E-state index in [1.807, 2.05) is 0 Å². The number of anilines is 1. The van der Waals surface area contributed by atoms with Gasteiger partial charge in [0.25, 0.3) is 0 Å². The predicted octanol–water partition coefficient (Wildman–Crippen LogP) is 2.99. The number of amides is 3. The fourth-order valence-electron chi connectivity index (χ4n) is 1.72. The van der Waals surface area contributed by atoms with E-state index in [4.69, 9.17) is 10.1 Å². The van der Waals surface area contributed by atoms with Crippen molar-refractivity contribution in [1.82, 2.24) is 9.88 Å². The lowest BCUT2D eigenvalue weighted by Crippen LogP contribution is -2.36. The van der Waals surface area contributed by atoms with Crippen LogP contribution in [0, 0.1) is 5.41 Å². The third-order valence-corrected chi connectivity index (χ3v) is 3.56. The van der Waals surface area contributed by atoms with Crippen molar-refractivity contribution in [2.75, 3.05) is 5.32 Å². The van der Waals surface area contributed by atoms with Gasteiger partial charge in [-0.3, -0.25) is 25.3 Å². The van der Waals surface area contributed by atoms with E-state index in [0.29, 0.717) is 17.1 Å². The molecule has 136 valence electrons. The lowest BCUT2D eigenvalue weighted by Gasteiger charge is -2.19. The molecule has 0 atom stereocenters. The van der Waals surface area contributed by atoms with Crippen LogP contribution in [0.3, 0.4) is 0 Å². The number of imide groups is 1. The summed E-state index contributed by atoms with van der Waals surface area (Å²) >= 11 is 1.01. The smallest absolute Gasteiger partial charge is 0.412 e. The van der Waals surface area contributed by atoms with E-state index in [2.05, 4.69) is 10.3 Å². The molecule has 0 aromatic carbocycles. The molecule has 3 amide bonds. The second kappa shape index (κ2) is 8.61. The van der Waals surface area contributed by atoms with Gasteiger partial charge in [-0.1, -0.05) is 11.8 Å². The monoisotopic (exact) mass is 366 g/mol. The highest BCUT2D eigenvalue weighted by atomic mass is 32.2. The Labute approximate surface area is 150 Å². The number of aromatic nitrogens is 1. The highest BCUT2D eigenvalue weighted by Crippen LogP contribution is 2.17. The largest absolute Gasteiger partial charge is 0.444 e. The minimum absolute atomic E-state index is 0.155. The zero-order chi connectivity index (χ0) is 19.2. The molecule has 0 fully saturated rings. The van der Waals surface area contributed by atoms with Crippen molar-refractivity contribution >= 4 is 40.5 Å². The number of nitrogens with zero attached hydrogens (tertiary/aromatic N) is 2. The quantitative estimate of drug-likeness (QED) is 0.628. The van der Waals surface area contributed by atoms with Gasteiger partial charge in [-0.05, 0) is 32.9 Å². The fraction of sp³-hybridized carbons (Fsp3) is 0.438. The zero-order valence-corrected chi connectivity index (χ0v) is 15.7. The summed E-state index contributed by atoms with van der Waals surface area (Å²) in [6.45, 7) is 7.76. The van der Waals surface area contributed by atoms with Crippen LogP contribution < -0.4 is 5.32 Å². The topological polar surface area (TPSA) is 112 Å². The minimum atomic E-state index is -0.590. The summed E-state index contributed by atoms with van der Waals surface area (Å²) in [5.41, 5.74) is 0.525. The Kier molecular flexibility index (Phi) is 7.10. The molecule has 1 rings (SSSR count). The van der Waals surface area contributed by atoms with Crippen LogP contribution in [-0.2, 0) is 20.1 Å². The van der Waals surface area contributed by atoms with Gasteiger partial charge in [-0.25, -0.2) is 9.69 Å². The standard InChI is InChI=1S/C16H22N4O4S/c1-10(21)20(11(2)22)14(17)25-9-13-7-6-12(8-18-13)19-15(23)24-16(3,4)5/h6-8,17H,9H2,1-5H3,(H,19,23). The number of carbonyl (C=O) groups excluding carboxylic acids is 3. The molecule has 0 aliphatic rings. The molecule has 9 heteroatoms. The molecular weight excluding hydrogens is 344 g/mol. The van der Waals surface area contributed by atoms with Crippen LogP contribution in [-0.4, -0.2) is 38.6 Å². The van der Waals surface area contributed by atoms with Crippen LogP contribution >= 0.6 is 11.8 Å². The first-order valence-electron chi connectivity index (χ1n) is 7.47. The summed E-state index contributed by atoms with van der Waals surface area (Å²) in [6, 6.07) is 3.34. The average molecular weight is 366 g/mol. The summed E-state index contributed by atoms with van der Waals surface area (Å²) in [5.74, 6) is -0.701. The highest BCUT2D eigenvalue weighted by Gasteiger charge is 2.20. The van der Waals surface area contributed by atoms with Crippen LogP contribution in [0.25, 0.3) is 0 Å². The van der Waals surface area contributed by atoms with Crippen molar-refractivity contribution in [2.24, 2.45) is 0 Å². The van der Waals surface area contributed by atoms with Gasteiger partial charge < -0.3 is 4.74 Å². The van der Waals surface area contributed by atoms with Crippen LogP contribution in [0.4, 0.5) is 10.5 Å². The van der Waals surface area contributed by atoms with E-state index >= 15 is 0 Å². The van der Waals surface area contributed by atoms with E-state index in [1.54, 1.807) is 32.9 Å². The molecule has 0 saturated heterocycles. The molecule has 1 heterocycles. The summed E-state index contributed by atoms with van der Waals surface area (Å²) in [4.78, 5) is 39.4. The normalized spacial score (nSPS) is 10.8. The van der Waals surface area contributed by atoms with E-state index in [9.17, 15) is 14.4 Å². The molecule has 0 saturated carbocycles. The number of amidine groups is 1. The maximum absolute atomic E-state index is 11.7. The number of thioether (sulfide) groups is 1. The second-order valence-corrected chi connectivity index (χ2v) is 7.10. The van der Waals surface area contributed by atoms with Crippen molar-refractivity contribution < 1.29 is 19.1 Å². The minimum Gasteiger partial charge on any atom is -0.444 e. The molecule has 1 aromatic heterocycles. The Bertz CT molecular complexity index is 654. The molecule has 0 aliphatic carbocycles. The first-order chi connectivity index (χ1) is 11.5. The van der Waals surface area contributed by atoms with E-state index in [1.165, 1.54) is 20.0 Å². The molecule has 0 radical (unpaired) electrons. The fourth-order valence-corrected chi connectivity index (χ4v) is 2.56. The number of hydrogen-bond donors (Lipinski definition) is 2. The maximum Gasteiger partial charge on any atom is 0.412 e. The SMILES string of the molecule is CC(=O)N(C(=N)SCc1ccc(NC(=O)OC(C)(C)C)cn1)C(C)=O. The van der Waals surface area contributed by atoms with Gasteiger partial charge in [0.1, 0.15) is 5.60 Å². The van der Waals surface area contributed by atoms with Crippen molar-refractivity contribution in [3.05, 3.63) is 24.0 Å². The van der Waals surface area contributed by atoms with Gasteiger partial charge >= 0.3 is 6.09 Å². The van der Waals surface area contributed by atoms with E-state index in [-0.39, 0.29) is 5.17 Å². The first-order valence-corrected chi connectivity index (χ1v) is 8.45. The van der Waals surface area contributed by atoms with Crippen LogP contribution in [0.2, 0.25) is 0 Å². The first kappa shape index (κ1) is 20.6. The number of nitrogens with one attached hydrogen (secondary N) is 2. The molecule has 1 aromatic rings. The number of pyridine rings is 1. The number of rotatable bonds is 3. The Balaban J connectivity index is 2.60. The molecule has 8 nitrogen and oxygen atoms in total. The Morgan fingerprint density at radius 1 is 1.24 bits per heavy atom. The average Bonchev–Trinajstić information content (AvgIpc) is 2.43. The number of hydrogen-bond acceptors (Lipinski definition) is 7. The Morgan fingerprint density at radius 2 is 1.84 bits per heavy atom. The van der Waals surface area contributed by atoms with Gasteiger partial charge in [-0.2, -0.15) is 0 Å². The predicted molar refractivity (Wildman–Crippen MR) is 96.3 cm³/mol. The molecule has 0 spiro atoms. The summed E-state index contributed by atoms with van der Waals surface area (Å²) in [5, 5.41) is 10.2. The lowest BCUT2D eigenvalue weighted by molar-refractivity contribution is -0.136. The van der Waals surface area contributed by atoms with Gasteiger partial charge in [0.05, 0.1) is 17.6 Å². The summed E-state index contributed by atoms with van der Waals surface area (Å²) in [6.07, 6.45) is 0.897. The number of ether oxygens (including phenoxy) is 1. The summed E-state index contributed by atoms with van der Waals surface area (Å²) < 4.78 is 5.14. The second-order valence-electron chi connectivity index (χ2n) is 6.13. The number of carbonyl (C=O) groups is 3. The third kappa shape index (κ3) is 7.34. The molecule has 2 N–H and O–H groups in total. The van der Waals surface area contributed by atoms with Gasteiger partial charge in [0.15, 0.2) is 5.17 Å². The zero-order valence-electron chi connectivity index (χ0n) is 14.9. The van der Waals surface area contributed by atoms with Crippen molar-refractivity contribution in [1.29, 1.82) is 5.41 Å². The maximum atomic E-state index is 11.7. The van der Waals surface area contributed by atoms with Crippen LogP contribution in [0.15, 0.2) is 18.3 Å². The lowest BCUT2D eigenvalue weighted by atomic mass is 10.2. The molecule has 0 aliphatic heterocycles. The van der Waals surface area contributed by atoms with Crippen molar-refractivity contribution in [3.63, 3.8) is 0 Å². The van der Waals surface area contributed by atoms with Crippen molar-refractivity contribution in [2.45, 2.75) is 46.0 Å². The van der Waals surface area contributed by atoms with Gasteiger partial charge in [0.2, 0.25) is 11.8 Å². The molecular formula is C16H22N4O4S. The van der Waals surface area contributed by atoms with Crippen LogP contribution in [0.5, 0.6) is 0 Å². The molecule has 0 unspecified atom stereocenters. The third-order valence-electron chi connectivity index (χ3n) is 2.66. The molecule has 0 bridgehead atoms. The highest BCUT2D eigenvalue weighted by molar-refractivity contribution is 8.13. The Morgan fingerprint density at radius 3 is 2.28 bits per heavy atom. The summed E-state index contributed by atoms with van der Waals surface area (Å²) in [7, 11) is 0. The van der Waals surface area contributed by atoms with Gasteiger partial charge in [-0.15, -0.1) is 0 Å². The molecule has 25 heavy (non-hydrogen) atoms. The van der Waals surface area contributed by atoms with Crippen molar-refractivity contribution in [3.8, 4) is 0 Å². The van der Waals surface area contributed by atoms with Crippen LogP contribution in [0.1, 0.15) is 40.3 Å². The Hall–Kier alpha value is -2.42. The van der Waals surface area contributed by atoms with E-state index < -0.39 is 23.5 Å². The van der Waals surface area contributed by atoms with Gasteiger partial charge in [0, 0.05) is 19.6 Å². The van der Waals surface area contributed by atoms with E-state index in [0.717, 1.165) is 16.7 Å².